The van der Waals surface area contributed by atoms with Crippen LogP contribution in [0, 0.1) is 11.5 Å². The Hall–Kier alpha value is -0.773. The molecule has 100 valence electrons. The molecule has 0 bridgehead atoms. The fourth-order valence-electron chi connectivity index (χ4n) is 0.794. The van der Waals surface area contributed by atoms with E-state index < -0.39 is 9.05 Å². The van der Waals surface area contributed by atoms with Crippen molar-refractivity contribution in [2.75, 3.05) is 34.5 Å². The van der Waals surface area contributed by atoms with Gasteiger partial charge in [0.25, 0.3) is 6.26 Å². The van der Waals surface area contributed by atoms with Gasteiger partial charge in [0, 0.05) is 13.0 Å². The smallest absolute Gasteiger partial charge is 0.427 e. The molecule has 0 amide bonds. The van der Waals surface area contributed by atoms with Crippen LogP contribution >= 0.6 is 0 Å². The van der Waals surface area contributed by atoms with Gasteiger partial charge in [-0.2, -0.15) is 19.0 Å². The fraction of sp³-hybridized carbons (Fsp3) is 0.857. The maximum absolute atomic E-state index is 8.14. The number of hydrogen-bond acceptors (Lipinski definition) is 9. The van der Waals surface area contributed by atoms with Crippen molar-refractivity contribution < 1.29 is 37.6 Å². The summed E-state index contributed by atoms with van der Waals surface area (Å²) in [4.78, 5) is 13.3. The summed E-state index contributed by atoms with van der Waals surface area (Å²) < 4.78 is 23.9. The van der Waals surface area contributed by atoms with Gasteiger partial charge < -0.3 is 9.16 Å². The first-order valence-corrected chi connectivity index (χ1v) is 6.18. The second-order valence-electron chi connectivity index (χ2n) is 2.39. The maximum Gasteiger partial charge on any atom is 0.764 e. The van der Waals surface area contributed by atoms with Crippen molar-refractivity contribution in [3.63, 3.8) is 0 Å². The van der Waals surface area contributed by atoms with Crippen LogP contribution in [0.4, 0.5) is 0 Å². The summed E-state index contributed by atoms with van der Waals surface area (Å²) in [5, 5.41) is 8.14. The third kappa shape index (κ3) is 7.21. The molecular weight excluding hydrogens is 254 g/mol. The molecule has 9 nitrogen and oxygen atoms in total. The molecule has 10 heteroatoms. The van der Waals surface area contributed by atoms with E-state index in [1.807, 2.05) is 0 Å². The summed E-state index contributed by atoms with van der Waals surface area (Å²) in [6.07, 6.45) is 1.95. The first-order chi connectivity index (χ1) is 8.24. The van der Waals surface area contributed by atoms with E-state index in [0.29, 0.717) is 6.42 Å². The van der Waals surface area contributed by atoms with Crippen LogP contribution < -0.4 is 0 Å². The largest absolute Gasteiger partial charge is 0.764 e. The highest BCUT2D eigenvalue weighted by molar-refractivity contribution is 6.52. The lowest BCUT2D eigenvalue weighted by Crippen LogP contribution is -2.48. The zero-order valence-electron chi connectivity index (χ0n) is 9.83. The summed E-state index contributed by atoms with van der Waals surface area (Å²) in [7, 11) is 0.0949. The topological polar surface area (TPSA) is 97.6 Å². The molecule has 0 aliphatic heterocycles. The first-order valence-electron chi connectivity index (χ1n) is 4.55. The molecule has 0 heterocycles. The van der Waals surface area contributed by atoms with Gasteiger partial charge in [-0.05, 0) is 0 Å². The molecular formula is C7H15NO8Si. The van der Waals surface area contributed by atoms with Gasteiger partial charge in [0.05, 0.1) is 21.3 Å². The van der Waals surface area contributed by atoms with Crippen LogP contribution in [0.3, 0.4) is 0 Å². The number of nitriles is 1. The minimum absolute atomic E-state index is 0.143. The maximum atomic E-state index is 8.14. The molecule has 17 heavy (non-hydrogen) atoms. The second kappa shape index (κ2) is 10.4. The zero-order chi connectivity index (χ0) is 13.0. The summed E-state index contributed by atoms with van der Waals surface area (Å²) in [6.45, 7) is 0.345. The Balaban J connectivity index is 4.10. The van der Waals surface area contributed by atoms with E-state index in [9.17, 15) is 0 Å². The third-order valence-electron chi connectivity index (χ3n) is 1.29. The molecule has 0 fully saturated rings. The quantitative estimate of drug-likeness (QED) is 0.169. The van der Waals surface area contributed by atoms with Crippen molar-refractivity contribution in [3.8, 4) is 6.26 Å². The molecule has 0 spiro atoms. The Morgan fingerprint density at radius 1 is 0.941 bits per heavy atom. The Morgan fingerprint density at radius 2 is 1.47 bits per heavy atom. The highest BCUT2D eigenvalue weighted by Crippen LogP contribution is 2.12. The van der Waals surface area contributed by atoms with Gasteiger partial charge in [0.15, 0.2) is 0 Å². The Morgan fingerprint density at radius 3 is 1.88 bits per heavy atom. The van der Waals surface area contributed by atoms with E-state index in [1.165, 1.54) is 27.6 Å². The van der Waals surface area contributed by atoms with Crippen LogP contribution in [0.15, 0.2) is 0 Å². The van der Waals surface area contributed by atoms with Gasteiger partial charge in [-0.3, -0.25) is 0 Å². The molecule has 0 aromatic carbocycles. The van der Waals surface area contributed by atoms with Gasteiger partial charge in [-0.1, -0.05) is 0 Å². The summed E-state index contributed by atoms with van der Waals surface area (Å²) in [5.41, 5.74) is 0. The molecule has 0 aliphatic rings. The number of hydrogen-bond donors (Lipinski definition) is 0. The minimum Gasteiger partial charge on any atom is -0.427 e. The number of rotatable bonds is 11. The summed E-state index contributed by atoms with van der Waals surface area (Å²) in [5.74, 6) is 0. The van der Waals surface area contributed by atoms with Crippen molar-refractivity contribution in [2.45, 2.75) is 6.42 Å². The first kappa shape index (κ1) is 16.2. The molecule has 0 saturated heterocycles. The van der Waals surface area contributed by atoms with Crippen LogP contribution in [-0.4, -0.2) is 43.6 Å². The van der Waals surface area contributed by atoms with Gasteiger partial charge >= 0.3 is 9.05 Å². The average molecular weight is 269 g/mol. The van der Waals surface area contributed by atoms with E-state index in [1.54, 1.807) is 0 Å². The molecule has 0 aliphatic carbocycles. The van der Waals surface area contributed by atoms with Crippen molar-refractivity contribution in [1.82, 2.24) is 0 Å². The monoisotopic (exact) mass is 269 g/mol. The lowest BCUT2D eigenvalue weighted by molar-refractivity contribution is -0.370. The predicted molar refractivity (Wildman–Crippen MR) is 52.2 cm³/mol. The van der Waals surface area contributed by atoms with Crippen molar-refractivity contribution >= 4 is 9.05 Å². The lowest BCUT2D eigenvalue weighted by atomic mass is 10.5. The standard InChI is InChI=1S/C7H15NO8Si/c1-9-14-17(15-10-2,16-11-3)13-6-4-5-12-7-8/h4-6H2,1-3H3. The molecule has 0 saturated carbocycles. The molecule has 0 aromatic heterocycles. The van der Waals surface area contributed by atoms with Crippen LogP contribution in [-0.2, 0) is 37.6 Å². The molecule has 0 N–H and O–H groups in total. The fourth-order valence-corrected chi connectivity index (χ4v) is 2.03. The zero-order valence-corrected chi connectivity index (χ0v) is 10.8. The lowest BCUT2D eigenvalue weighted by Gasteiger charge is -2.22. The second-order valence-corrected chi connectivity index (χ2v) is 4.18. The molecule has 0 atom stereocenters. The van der Waals surface area contributed by atoms with E-state index >= 15 is 0 Å². The molecule has 0 unspecified atom stereocenters. The molecule has 0 rings (SSSR count). The van der Waals surface area contributed by atoms with Gasteiger partial charge in [0.2, 0.25) is 0 Å². The van der Waals surface area contributed by atoms with Crippen molar-refractivity contribution in [3.05, 3.63) is 0 Å². The highest BCUT2D eigenvalue weighted by Gasteiger charge is 2.51. The average Bonchev–Trinajstić information content (AvgIpc) is 2.30. The van der Waals surface area contributed by atoms with Crippen molar-refractivity contribution in [2.24, 2.45) is 0 Å². The normalized spacial score (nSPS) is 11.2. The van der Waals surface area contributed by atoms with E-state index in [-0.39, 0.29) is 13.2 Å². The summed E-state index contributed by atoms with van der Waals surface area (Å²) >= 11 is 0. The predicted octanol–water partition coefficient (Wildman–Crippen LogP) is 0.0604. The van der Waals surface area contributed by atoms with E-state index in [4.69, 9.17) is 23.4 Å². The third-order valence-corrected chi connectivity index (χ3v) is 2.96. The van der Waals surface area contributed by atoms with Gasteiger partial charge in [0.1, 0.15) is 6.61 Å². The SMILES string of the molecule is COO[Si](OCCCOC#N)(OOC)OOC. The highest BCUT2D eigenvalue weighted by atomic mass is 28.4. The van der Waals surface area contributed by atoms with Crippen LogP contribution in [0.1, 0.15) is 6.42 Å². The summed E-state index contributed by atoms with van der Waals surface area (Å²) in [6, 6.07) is 0. The van der Waals surface area contributed by atoms with Gasteiger partial charge in [-0.25, -0.2) is 14.7 Å². The van der Waals surface area contributed by atoms with E-state index in [2.05, 4.69) is 19.4 Å². The Labute approximate surface area is 99.9 Å². The van der Waals surface area contributed by atoms with E-state index in [0.717, 1.165) is 0 Å². The number of nitrogens with zero attached hydrogens (tertiary/aromatic N) is 1. The van der Waals surface area contributed by atoms with Crippen molar-refractivity contribution in [1.29, 1.82) is 5.26 Å². The van der Waals surface area contributed by atoms with Gasteiger partial charge in [-0.15, -0.1) is 0 Å². The minimum atomic E-state index is -3.66. The Bertz CT molecular complexity index is 205. The molecule has 0 radical (unpaired) electrons. The number of ether oxygens (including phenoxy) is 1. The molecule has 0 aromatic rings. The van der Waals surface area contributed by atoms with Crippen LogP contribution in [0.5, 0.6) is 0 Å². The van der Waals surface area contributed by atoms with Crippen LogP contribution in [0.25, 0.3) is 0 Å². The van der Waals surface area contributed by atoms with Crippen LogP contribution in [0.2, 0.25) is 0 Å². The Kier molecular flexibility index (Phi) is 9.91.